The van der Waals surface area contributed by atoms with E-state index >= 15 is 0 Å². The first-order valence-electron chi connectivity index (χ1n) is 7.61. The molecule has 0 aliphatic carbocycles. The summed E-state index contributed by atoms with van der Waals surface area (Å²) in [7, 11) is 0. The number of nitrogens with zero attached hydrogens (tertiary/aromatic N) is 2. The molecule has 3 heterocycles. The van der Waals surface area contributed by atoms with Crippen LogP contribution < -0.4 is 5.32 Å². The third kappa shape index (κ3) is 3.18. The smallest absolute Gasteiger partial charge is 0.0671 e. The molecule has 0 radical (unpaired) electrons. The Labute approximate surface area is 125 Å². The van der Waals surface area contributed by atoms with Gasteiger partial charge in [0.25, 0.3) is 0 Å². The Morgan fingerprint density at radius 3 is 2.95 bits per heavy atom. The first-order chi connectivity index (χ1) is 9.86. The number of aryl methyl sites for hydroxylation is 1. The van der Waals surface area contributed by atoms with Crippen LogP contribution in [0.1, 0.15) is 37.1 Å². The summed E-state index contributed by atoms with van der Waals surface area (Å²) in [5, 5.41) is 10.5. The van der Waals surface area contributed by atoms with Gasteiger partial charge in [-0.15, -0.1) is 11.8 Å². The summed E-state index contributed by atoms with van der Waals surface area (Å²) in [5.74, 6) is 1.78. The number of aromatic nitrogens is 2. The molecule has 1 aromatic rings. The Balaban J connectivity index is 1.77. The fourth-order valence-corrected chi connectivity index (χ4v) is 3.72. The van der Waals surface area contributed by atoms with Crippen molar-refractivity contribution in [1.82, 2.24) is 15.1 Å². The van der Waals surface area contributed by atoms with Crippen molar-refractivity contribution in [2.24, 2.45) is 0 Å². The van der Waals surface area contributed by atoms with Crippen LogP contribution in [0.15, 0.2) is 29.2 Å². The van der Waals surface area contributed by atoms with E-state index in [0.29, 0.717) is 5.92 Å². The van der Waals surface area contributed by atoms with Gasteiger partial charge in [-0.05, 0) is 49.9 Å². The number of hydrogen-bond acceptors (Lipinski definition) is 3. The Kier molecular flexibility index (Phi) is 4.63. The van der Waals surface area contributed by atoms with Crippen molar-refractivity contribution in [2.45, 2.75) is 38.6 Å². The standard InChI is InChI=1S/C16H23N3S/c1-2-19-16(14-3-7-17-8-4-14)12-15(18-19)11-13-5-9-20-10-6-13/h5-6,9,12,14,17H,2-4,7-8,10-11H2,1H3. The van der Waals surface area contributed by atoms with E-state index in [0.717, 1.165) is 31.8 Å². The van der Waals surface area contributed by atoms with Gasteiger partial charge < -0.3 is 5.32 Å². The number of nitrogens with one attached hydrogen (secondary N) is 1. The predicted octanol–water partition coefficient (Wildman–Crippen LogP) is 3.10. The highest BCUT2D eigenvalue weighted by Gasteiger charge is 2.20. The molecule has 1 aromatic heterocycles. The van der Waals surface area contributed by atoms with Crippen LogP contribution in [0.5, 0.6) is 0 Å². The normalized spacial score (nSPS) is 20.1. The molecular formula is C16H23N3S. The van der Waals surface area contributed by atoms with E-state index in [1.807, 2.05) is 11.8 Å². The highest BCUT2D eigenvalue weighted by atomic mass is 32.2. The lowest BCUT2D eigenvalue weighted by molar-refractivity contribution is 0.432. The van der Waals surface area contributed by atoms with Crippen LogP contribution in [-0.2, 0) is 13.0 Å². The van der Waals surface area contributed by atoms with Crippen molar-refractivity contribution in [3.05, 3.63) is 40.6 Å². The maximum absolute atomic E-state index is 4.81. The topological polar surface area (TPSA) is 29.9 Å². The number of allylic oxidation sites excluding steroid dienone is 2. The largest absolute Gasteiger partial charge is 0.317 e. The molecule has 1 fully saturated rings. The molecule has 4 heteroatoms. The zero-order valence-electron chi connectivity index (χ0n) is 12.1. The maximum Gasteiger partial charge on any atom is 0.0671 e. The van der Waals surface area contributed by atoms with Crippen LogP contribution in [-0.4, -0.2) is 28.6 Å². The molecule has 1 N–H and O–H groups in total. The number of rotatable bonds is 4. The second-order valence-corrected chi connectivity index (χ2v) is 6.43. The summed E-state index contributed by atoms with van der Waals surface area (Å²) < 4.78 is 2.22. The van der Waals surface area contributed by atoms with Crippen LogP contribution in [0.3, 0.4) is 0 Å². The molecule has 0 bridgehead atoms. The minimum absolute atomic E-state index is 0.684. The van der Waals surface area contributed by atoms with Gasteiger partial charge >= 0.3 is 0 Å². The molecule has 3 rings (SSSR count). The quantitative estimate of drug-likeness (QED) is 0.923. The molecule has 1 saturated heterocycles. The van der Waals surface area contributed by atoms with E-state index in [2.05, 4.69) is 40.5 Å². The summed E-state index contributed by atoms with van der Waals surface area (Å²) in [6, 6.07) is 2.34. The summed E-state index contributed by atoms with van der Waals surface area (Å²) in [6.07, 6.45) is 8.00. The minimum Gasteiger partial charge on any atom is -0.317 e. The molecule has 0 saturated carbocycles. The highest BCUT2D eigenvalue weighted by molar-refractivity contribution is 8.02. The van der Waals surface area contributed by atoms with E-state index in [1.54, 1.807) is 0 Å². The SMILES string of the molecule is CCn1nc(CC2=CCSC=C2)cc1C1CCNCC1. The monoisotopic (exact) mass is 289 g/mol. The van der Waals surface area contributed by atoms with Crippen molar-refractivity contribution >= 4 is 11.8 Å². The van der Waals surface area contributed by atoms with Crippen molar-refractivity contribution < 1.29 is 0 Å². The zero-order chi connectivity index (χ0) is 13.8. The maximum atomic E-state index is 4.81. The fourth-order valence-electron chi connectivity index (χ4n) is 3.03. The first kappa shape index (κ1) is 14.0. The molecule has 20 heavy (non-hydrogen) atoms. The number of thioether (sulfide) groups is 1. The van der Waals surface area contributed by atoms with E-state index in [9.17, 15) is 0 Å². The third-order valence-electron chi connectivity index (χ3n) is 4.12. The number of hydrogen-bond donors (Lipinski definition) is 1. The van der Waals surface area contributed by atoms with E-state index in [1.165, 1.54) is 29.8 Å². The molecule has 2 aliphatic heterocycles. The lowest BCUT2D eigenvalue weighted by Crippen LogP contribution is -2.27. The second kappa shape index (κ2) is 6.64. The lowest BCUT2D eigenvalue weighted by atomic mass is 9.94. The van der Waals surface area contributed by atoms with E-state index in [4.69, 9.17) is 5.10 Å². The summed E-state index contributed by atoms with van der Waals surface area (Å²) in [6.45, 7) is 5.45. The van der Waals surface area contributed by atoms with Crippen LogP contribution in [0, 0.1) is 0 Å². The molecule has 0 atom stereocenters. The Morgan fingerprint density at radius 2 is 2.25 bits per heavy atom. The summed E-state index contributed by atoms with van der Waals surface area (Å²) in [4.78, 5) is 0. The molecule has 3 nitrogen and oxygen atoms in total. The van der Waals surface area contributed by atoms with Crippen molar-refractivity contribution in [3.63, 3.8) is 0 Å². The van der Waals surface area contributed by atoms with Gasteiger partial charge in [-0.25, -0.2) is 0 Å². The Hall–Kier alpha value is -1.00. The Bertz CT molecular complexity index is 510. The average molecular weight is 289 g/mol. The molecule has 0 unspecified atom stereocenters. The van der Waals surface area contributed by atoms with Crippen LogP contribution in [0.25, 0.3) is 0 Å². The molecule has 2 aliphatic rings. The van der Waals surface area contributed by atoms with Crippen LogP contribution >= 0.6 is 11.8 Å². The molecule has 0 amide bonds. The van der Waals surface area contributed by atoms with Crippen LogP contribution in [0.2, 0.25) is 0 Å². The molecule has 0 spiro atoms. The fraction of sp³-hybridized carbons (Fsp3) is 0.562. The third-order valence-corrected chi connectivity index (χ3v) is 4.81. The number of piperidine rings is 1. The van der Waals surface area contributed by atoms with Gasteiger partial charge in [0, 0.05) is 30.3 Å². The van der Waals surface area contributed by atoms with Gasteiger partial charge in [0.1, 0.15) is 0 Å². The summed E-state index contributed by atoms with van der Waals surface area (Å²) in [5.41, 5.74) is 4.07. The molecular weight excluding hydrogens is 266 g/mol. The van der Waals surface area contributed by atoms with Gasteiger partial charge in [0.2, 0.25) is 0 Å². The molecule has 108 valence electrons. The highest BCUT2D eigenvalue weighted by Crippen LogP contribution is 2.27. The first-order valence-corrected chi connectivity index (χ1v) is 8.66. The average Bonchev–Trinajstić information content (AvgIpc) is 2.92. The zero-order valence-corrected chi connectivity index (χ0v) is 13.0. The van der Waals surface area contributed by atoms with Crippen LogP contribution in [0.4, 0.5) is 0 Å². The van der Waals surface area contributed by atoms with E-state index < -0.39 is 0 Å². The molecule has 0 aromatic carbocycles. The minimum atomic E-state index is 0.684. The van der Waals surface area contributed by atoms with Gasteiger partial charge in [-0.3, -0.25) is 4.68 Å². The predicted molar refractivity (Wildman–Crippen MR) is 86.1 cm³/mol. The van der Waals surface area contributed by atoms with Gasteiger partial charge in [0.15, 0.2) is 0 Å². The van der Waals surface area contributed by atoms with Crippen molar-refractivity contribution in [1.29, 1.82) is 0 Å². The second-order valence-electron chi connectivity index (χ2n) is 5.49. The van der Waals surface area contributed by atoms with E-state index in [-0.39, 0.29) is 0 Å². The lowest BCUT2D eigenvalue weighted by Gasteiger charge is -2.23. The van der Waals surface area contributed by atoms with Gasteiger partial charge in [0.05, 0.1) is 5.69 Å². The van der Waals surface area contributed by atoms with Crippen molar-refractivity contribution in [2.75, 3.05) is 18.8 Å². The summed E-state index contributed by atoms with van der Waals surface area (Å²) >= 11 is 1.86. The van der Waals surface area contributed by atoms with Crippen molar-refractivity contribution in [3.8, 4) is 0 Å². The Morgan fingerprint density at radius 1 is 1.40 bits per heavy atom. The van der Waals surface area contributed by atoms with Gasteiger partial charge in [-0.2, -0.15) is 5.10 Å². The van der Waals surface area contributed by atoms with Gasteiger partial charge in [-0.1, -0.05) is 12.2 Å².